The van der Waals surface area contributed by atoms with E-state index in [-0.39, 0.29) is 11.5 Å². The lowest BCUT2D eigenvalue weighted by Gasteiger charge is -2.18. The van der Waals surface area contributed by atoms with Crippen LogP contribution in [0.1, 0.15) is 26.7 Å². The molecular formula is C19H19N3O2. The Labute approximate surface area is 138 Å². The molecule has 0 saturated heterocycles. The number of aromatic hydroxyl groups is 2. The normalized spacial score (nSPS) is 15.2. The molecule has 0 atom stereocenters. The zero-order chi connectivity index (χ0) is 17.1. The minimum atomic E-state index is -0.483. The minimum absolute atomic E-state index is 0.0689. The van der Waals surface area contributed by atoms with Gasteiger partial charge in [0.2, 0.25) is 0 Å². The first-order valence-electron chi connectivity index (χ1n) is 8.16. The van der Waals surface area contributed by atoms with Gasteiger partial charge in [-0.1, -0.05) is 26.0 Å². The van der Waals surface area contributed by atoms with Crippen LogP contribution in [-0.4, -0.2) is 15.9 Å². The van der Waals surface area contributed by atoms with Crippen molar-refractivity contribution in [2.24, 2.45) is 9.98 Å². The Bertz CT molecular complexity index is 1120. The summed E-state index contributed by atoms with van der Waals surface area (Å²) in [5.74, 6) is 0.156. The van der Waals surface area contributed by atoms with E-state index in [2.05, 4.69) is 13.8 Å². The Kier molecular flexibility index (Phi) is 2.97. The van der Waals surface area contributed by atoms with Crippen molar-refractivity contribution in [3.8, 4) is 11.5 Å². The number of rotatable bonds is 2. The van der Waals surface area contributed by atoms with Crippen molar-refractivity contribution in [3.63, 3.8) is 0 Å². The van der Waals surface area contributed by atoms with Crippen LogP contribution in [0, 0.1) is 0 Å². The topological polar surface area (TPSA) is 91.2 Å². The highest BCUT2D eigenvalue weighted by molar-refractivity contribution is 6.14. The molecule has 122 valence electrons. The number of nitrogens with two attached hydrogens (primary N) is 1. The van der Waals surface area contributed by atoms with Gasteiger partial charge in [-0.05, 0) is 31.0 Å². The van der Waals surface area contributed by atoms with Gasteiger partial charge in [0.15, 0.2) is 5.66 Å². The fourth-order valence-corrected chi connectivity index (χ4v) is 3.55. The van der Waals surface area contributed by atoms with Gasteiger partial charge in [0.25, 0.3) is 0 Å². The van der Waals surface area contributed by atoms with E-state index in [1.165, 1.54) is 0 Å². The Hall–Kier alpha value is -2.82. The van der Waals surface area contributed by atoms with Gasteiger partial charge in [0.1, 0.15) is 11.5 Å². The number of nitrogens with zero attached hydrogens (tertiary/aromatic N) is 2. The molecular weight excluding hydrogens is 302 g/mol. The van der Waals surface area contributed by atoms with Gasteiger partial charge in [0, 0.05) is 16.5 Å². The standard InChI is InChI=1S/C19H19N3O2/c1-3-19(4-2)21-13-9-8-11-15(16(13)22-19)18(24)10-6-5-7-12(20)14(10)17(11)23/h5-9,23-24H,3-4,20H2,1-2H3. The summed E-state index contributed by atoms with van der Waals surface area (Å²) < 4.78 is 0. The van der Waals surface area contributed by atoms with Crippen LogP contribution in [0.3, 0.4) is 0 Å². The molecule has 24 heavy (non-hydrogen) atoms. The highest BCUT2D eigenvalue weighted by Gasteiger charge is 2.28. The van der Waals surface area contributed by atoms with Crippen molar-refractivity contribution in [1.82, 2.24) is 0 Å². The largest absolute Gasteiger partial charge is 0.507 e. The monoisotopic (exact) mass is 321 g/mol. The first kappa shape index (κ1) is 14.8. The fourth-order valence-electron chi connectivity index (χ4n) is 3.55. The van der Waals surface area contributed by atoms with Crippen molar-refractivity contribution in [3.05, 3.63) is 41.0 Å². The average molecular weight is 321 g/mol. The van der Waals surface area contributed by atoms with E-state index in [4.69, 9.17) is 15.7 Å². The summed E-state index contributed by atoms with van der Waals surface area (Å²) in [4.78, 5) is 9.56. The first-order valence-corrected chi connectivity index (χ1v) is 8.16. The number of phenols is 2. The number of fused-ring (bicyclic) bond motifs is 4. The second-order valence-corrected chi connectivity index (χ2v) is 6.24. The molecule has 0 radical (unpaired) electrons. The number of benzene rings is 3. The predicted octanol–water partition coefficient (Wildman–Crippen LogP) is 2.76. The van der Waals surface area contributed by atoms with Crippen LogP contribution >= 0.6 is 0 Å². The molecule has 5 nitrogen and oxygen atoms in total. The summed E-state index contributed by atoms with van der Waals surface area (Å²) in [5, 5.41) is 25.1. The maximum absolute atomic E-state index is 10.9. The number of anilines is 1. The Balaban J connectivity index is 2.26. The van der Waals surface area contributed by atoms with E-state index in [0.29, 0.717) is 32.6 Å². The molecule has 1 heterocycles. The van der Waals surface area contributed by atoms with Gasteiger partial charge in [-0.15, -0.1) is 0 Å². The van der Waals surface area contributed by atoms with E-state index in [0.717, 1.165) is 18.2 Å². The lowest BCUT2D eigenvalue weighted by Crippen LogP contribution is -2.22. The van der Waals surface area contributed by atoms with Gasteiger partial charge >= 0.3 is 0 Å². The number of hydrogen-bond acceptors (Lipinski definition) is 5. The van der Waals surface area contributed by atoms with Crippen molar-refractivity contribution in [1.29, 1.82) is 0 Å². The van der Waals surface area contributed by atoms with Gasteiger partial charge in [0.05, 0.1) is 21.5 Å². The average Bonchev–Trinajstić information content (AvgIpc) is 2.98. The van der Waals surface area contributed by atoms with Crippen LogP contribution in [0.15, 0.2) is 40.3 Å². The highest BCUT2D eigenvalue weighted by atomic mass is 16.3. The predicted molar refractivity (Wildman–Crippen MR) is 94.8 cm³/mol. The Morgan fingerprint density at radius 1 is 0.917 bits per heavy atom. The molecule has 0 spiro atoms. The second kappa shape index (κ2) is 4.84. The van der Waals surface area contributed by atoms with Crippen LogP contribution in [0.4, 0.5) is 5.69 Å². The van der Waals surface area contributed by atoms with E-state index in [1.54, 1.807) is 24.3 Å². The molecule has 4 N–H and O–H groups in total. The van der Waals surface area contributed by atoms with Gasteiger partial charge in [-0.3, -0.25) is 9.98 Å². The minimum Gasteiger partial charge on any atom is -0.507 e. The summed E-state index contributed by atoms with van der Waals surface area (Å²) in [6.45, 7) is 4.11. The molecule has 0 aliphatic carbocycles. The molecule has 4 rings (SSSR count). The Morgan fingerprint density at radius 2 is 1.58 bits per heavy atom. The van der Waals surface area contributed by atoms with E-state index in [1.807, 2.05) is 6.07 Å². The summed E-state index contributed by atoms with van der Waals surface area (Å²) in [6.07, 6.45) is 1.57. The number of nitrogen functional groups attached to an aromatic ring is 1. The fraction of sp³-hybridized carbons (Fsp3) is 0.263. The van der Waals surface area contributed by atoms with Crippen LogP contribution in [0.5, 0.6) is 11.5 Å². The van der Waals surface area contributed by atoms with Crippen LogP contribution in [0.2, 0.25) is 0 Å². The highest BCUT2D eigenvalue weighted by Crippen LogP contribution is 2.42. The van der Waals surface area contributed by atoms with Crippen LogP contribution in [-0.2, 0) is 0 Å². The smallest absolute Gasteiger partial charge is 0.151 e. The molecule has 0 aromatic heterocycles. The molecule has 3 aromatic rings. The van der Waals surface area contributed by atoms with Crippen LogP contribution < -0.4 is 16.4 Å². The van der Waals surface area contributed by atoms with Crippen molar-refractivity contribution in [2.75, 3.05) is 5.73 Å². The molecule has 0 saturated carbocycles. The van der Waals surface area contributed by atoms with E-state index < -0.39 is 5.66 Å². The third-order valence-electron chi connectivity index (χ3n) is 5.02. The molecule has 1 aliphatic heterocycles. The van der Waals surface area contributed by atoms with Gasteiger partial charge in [-0.25, -0.2) is 0 Å². The summed E-state index contributed by atoms with van der Waals surface area (Å²) in [5.41, 5.74) is 5.95. The summed E-state index contributed by atoms with van der Waals surface area (Å²) in [7, 11) is 0. The summed E-state index contributed by atoms with van der Waals surface area (Å²) in [6, 6.07) is 8.84. The van der Waals surface area contributed by atoms with Crippen molar-refractivity contribution >= 4 is 27.2 Å². The molecule has 0 amide bonds. The molecule has 0 unspecified atom stereocenters. The zero-order valence-corrected chi connectivity index (χ0v) is 13.7. The SMILES string of the molecule is CCC1(CC)N=c2ccc3c(O)c4c(N)cccc4c(O)c3c2=N1. The lowest BCUT2D eigenvalue weighted by atomic mass is 9.99. The maximum atomic E-state index is 10.9. The summed E-state index contributed by atoms with van der Waals surface area (Å²) >= 11 is 0. The zero-order valence-electron chi connectivity index (χ0n) is 13.7. The molecule has 0 bridgehead atoms. The lowest BCUT2D eigenvalue weighted by molar-refractivity contribution is 0.416. The third-order valence-corrected chi connectivity index (χ3v) is 5.02. The van der Waals surface area contributed by atoms with E-state index in [9.17, 15) is 10.2 Å². The Morgan fingerprint density at radius 3 is 2.29 bits per heavy atom. The van der Waals surface area contributed by atoms with Gasteiger partial charge < -0.3 is 15.9 Å². The number of phenolic OH excluding ortho intramolecular Hbond substituents is 2. The van der Waals surface area contributed by atoms with Crippen LogP contribution in [0.25, 0.3) is 21.5 Å². The molecule has 0 fully saturated rings. The number of hydrogen-bond donors (Lipinski definition) is 3. The molecule has 1 aliphatic rings. The second-order valence-electron chi connectivity index (χ2n) is 6.24. The van der Waals surface area contributed by atoms with Gasteiger partial charge in [-0.2, -0.15) is 0 Å². The molecule has 5 heteroatoms. The third kappa shape index (κ3) is 1.75. The van der Waals surface area contributed by atoms with E-state index >= 15 is 0 Å². The quantitative estimate of drug-likeness (QED) is 0.385. The molecule has 3 aromatic carbocycles. The van der Waals surface area contributed by atoms with Crippen molar-refractivity contribution < 1.29 is 10.2 Å². The van der Waals surface area contributed by atoms with Crippen molar-refractivity contribution in [2.45, 2.75) is 32.4 Å². The first-order chi connectivity index (χ1) is 11.5. The maximum Gasteiger partial charge on any atom is 0.151 e.